The van der Waals surface area contributed by atoms with Crippen molar-refractivity contribution < 1.29 is 19.4 Å². The second kappa shape index (κ2) is 7.79. The number of carboxylic acid groups (broad SMARTS) is 1. The minimum Gasteiger partial charge on any atom is -0.481 e. The van der Waals surface area contributed by atoms with Gasteiger partial charge in [-0.1, -0.05) is 45.3 Å². The van der Waals surface area contributed by atoms with E-state index < -0.39 is 28.5 Å². The van der Waals surface area contributed by atoms with Gasteiger partial charge < -0.3 is 19.5 Å². The number of allylic oxidation sites excluding steroid dienone is 1. The lowest BCUT2D eigenvalue weighted by Gasteiger charge is -2.58. The molecule has 0 radical (unpaired) electrons. The zero-order valence-electron chi connectivity index (χ0n) is 21.0. The molecule has 6 heteroatoms. The van der Waals surface area contributed by atoms with Gasteiger partial charge >= 0.3 is 5.97 Å². The van der Waals surface area contributed by atoms with E-state index in [0.717, 1.165) is 44.5 Å². The van der Waals surface area contributed by atoms with Gasteiger partial charge in [0.05, 0.1) is 24.2 Å². The predicted molar refractivity (Wildman–Crippen MR) is 126 cm³/mol. The van der Waals surface area contributed by atoms with Gasteiger partial charge in [0.2, 0.25) is 0 Å². The minimum absolute atomic E-state index is 0.0252. The number of ether oxygens (including phenoxy) is 2. The lowest BCUT2D eigenvalue weighted by atomic mass is 9.42. The van der Waals surface area contributed by atoms with Crippen molar-refractivity contribution in [3.8, 4) is 6.07 Å². The summed E-state index contributed by atoms with van der Waals surface area (Å²) in [6.45, 7) is 10.1. The van der Waals surface area contributed by atoms with Crippen molar-refractivity contribution >= 4 is 5.97 Å². The third kappa shape index (κ3) is 2.59. The van der Waals surface area contributed by atoms with Crippen LogP contribution in [0, 0.1) is 57.2 Å². The van der Waals surface area contributed by atoms with Crippen LogP contribution in [0.2, 0.25) is 0 Å². The number of likely N-dealkylation sites (tertiary alicyclic amines) is 1. The first-order valence-electron chi connectivity index (χ1n) is 13.7. The number of nitrogens with zero attached hydrogens (tertiary/aromatic N) is 2. The minimum atomic E-state index is -1.22. The Bertz CT molecular complexity index is 935. The van der Waals surface area contributed by atoms with Gasteiger partial charge in [0.1, 0.15) is 5.41 Å². The first-order valence-corrected chi connectivity index (χ1v) is 13.7. The molecule has 34 heavy (non-hydrogen) atoms. The average Bonchev–Trinajstić information content (AvgIpc) is 3.54. The Hall–Kier alpha value is -1.42. The van der Waals surface area contributed by atoms with Crippen LogP contribution in [-0.4, -0.2) is 54.6 Å². The summed E-state index contributed by atoms with van der Waals surface area (Å²) in [5.41, 5.74) is -1.82. The highest BCUT2D eigenvalue weighted by molar-refractivity contribution is 5.85. The van der Waals surface area contributed by atoms with Crippen molar-refractivity contribution in [1.82, 2.24) is 4.90 Å². The number of fused-ring (bicyclic) bond motifs is 2. The van der Waals surface area contributed by atoms with Crippen LogP contribution in [-0.2, 0) is 14.3 Å². The summed E-state index contributed by atoms with van der Waals surface area (Å²) in [7, 11) is 0. The lowest BCUT2D eigenvalue weighted by Crippen LogP contribution is -2.64. The van der Waals surface area contributed by atoms with E-state index in [1.54, 1.807) is 0 Å². The zero-order chi connectivity index (χ0) is 23.9. The fraction of sp³-hybridized carbons (Fsp3) is 0.857. The van der Waals surface area contributed by atoms with E-state index in [0.29, 0.717) is 24.9 Å². The van der Waals surface area contributed by atoms with Crippen molar-refractivity contribution in [2.24, 2.45) is 45.8 Å². The number of carboxylic acids is 1. The number of carbonyl (C=O) groups is 1. The molecule has 0 aromatic carbocycles. The van der Waals surface area contributed by atoms with Crippen molar-refractivity contribution in [2.45, 2.75) is 78.1 Å². The molecule has 1 N–H and O–H groups in total. The zero-order valence-corrected chi connectivity index (χ0v) is 21.0. The summed E-state index contributed by atoms with van der Waals surface area (Å²) in [6, 6.07) is 2.72. The number of hydrogen-bond donors (Lipinski definition) is 1. The average molecular weight is 469 g/mol. The summed E-state index contributed by atoms with van der Waals surface area (Å²) < 4.78 is 13.2. The highest BCUT2D eigenvalue weighted by atomic mass is 16.7. The maximum absolute atomic E-state index is 13.6. The van der Waals surface area contributed by atoms with Crippen LogP contribution in [0.4, 0.5) is 0 Å². The predicted octanol–water partition coefficient (Wildman–Crippen LogP) is 4.46. The Morgan fingerprint density at radius 1 is 1.26 bits per heavy atom. The molecule has 6 rings (SSSR count). The van der Waals surface area contributed by atoms with Gasteiger partial charge in [-0.05, 0) is 74.8 Å². The van der Waals surface area contributed by atoms with Crippen LogP contribution in [0.15, 0.2) is 11.6 Å². The molecule has 0 aromatic heterocycles. The second-order valence-corrected chi connectivity index (χ2v) is 12.6. The lowest BCUT2D eigenvalue weighted by molar-refractivity contribution is -0.228. The van der Waals surface area contributed by atoms with Gasteiger partial charge in [-0.3, -0.25) is 4.79 Å². The van der Waals surface area contributed by atoms with Crippen molar-refractivity contribution in [3.63, 3.8) is 0 Å². The molecule has 6 unspecified atom stereocenters. The monoisotopic (exact) mass is 468 g/mol. The smallest absolute Gasteiger partial charge is 0.316 e. The van der Waals surface area contributed by atoms with Crippen LogP contribution >= 0.6 is 0 Å². The van der Waals surface area contributed by atoms with Gasteiger partial charge in [0.25, 0.3) is 0 Å². The van der Waals surface area contributed by atoms with Crippen LogP contribution in [0.5, 0.6) is 0 Å². The van der Waals surface area contributed by atoms with Crippen LogP contribution < -0.4 is 0 Å². The Morgan fingerprint density at radius 3 is 2.71 bits per heavy atom. The van der Waals surface area contributed by atoms with Crippen LogP contribution in [0.25, 0.3) is 0 Å². The molecule has 6 aliphatic rings. The fourth-order valence-electron chi connectivity index (χ4n) is 9.84. The molecule has 2 heterocycles. The summed E-state index contributed by atoms with van der Waals surface area (Å²) in [4.78, 5) is 16.1. The van der Waals surface area contributed by atoms with Crippen LogP contribution in [0.3, 0.4) is 0 Å². The summed E-state index contributed by atoms with van der Waals surface area (Å²) in [5.74, 6) is 0.305. The standard InChI is InChI=1S/C28H40N2O4/c1-17(2)23-11-19-12-26(16-29)22-8-7-18(3)21(22)13-27(19,28(23,26)24(31)32)25-33-15-20(34-25)14-30-9-5-4-6-10-30/h11,17-22,25H,4-10,12-15H2,1-3H3,(H,31,32)/t18-,19?,20?,21-,22-,25?,26?,27?,28?/m1/s1. The third-order valence-corrected chi connectivity index (χ3v) is 11.0. The molecule has 186 valence electrons. The molecule has 5 fully saturated rings. The number of nitriles is 1. The molecular weight excluding hydrogens is 428 g/mol. The van der Waals surface area contributed by atoms with Crippen LogP contribution in [0.1, 0.15) is 65.7 Å². The largest absolute Gasteiger partial charge is 0.481 e. The molecule has 2 aliphatic heterocycles. The molecule has 0 spiro atoms. The Balaban J connectivity index is 1.43. The first kappa shape index (κ1) is 23.0. The normalized spacial score (nSPS) is 49.8. The van der Waals surface area contributed by atoms with Crippen molar-refractivity contribution in [2.75, 3.05) is 26.2 Å². The molecule has 0 aromatic rings. The quantitative estimate of drug-likeness (QED) is 0.600. The Labute approximate surface area is 203 Å². The highest BCUT2D eigenvalue weighted by Crippen LogP contribution is 2.84. The third-order valence-electron chi connectivity index (χ3n) is 11.0. The van der Waals surface area contributed by atoms with E-state index in [9.17, 15) is 15.2 Å². The van der Waals surface area contributed by atoms with Crippen molar-refractivity contribution in [1.29, 1.82) is 5.26 Å². The molecule has 0 amide bonds. The molecule has 4 aliphatic carbocycles. The van der Waals surface area contributed by atoms with Gasteiger partial charge in [0.15, 0.2) is 6.29 Å². The van der Waals surface area contributed by atoms with Gasteiger partial charge in [0, 0.05) is 12.0 Å². The Morgan fingerprint density at radius 2 is 2.03 bits per heavy atom. The van der Waals surface area contributed by atoms with Gasteiger partial charge in [-0.15, -0.1) is 0 Å². The summed E-state index contributed by atoms with van der Waals surface area (Å²) >= 11 is 0. The molecular formula is C28H40N2O4. The van der Waals surface area contributed by atoms with E-state index in [2.05, 4.69) is 37.8 Å². The number of aliphatic carboxylic acids is 1. The van der Waals surface area contributed by atoms with E-state index in [1.165, 1.54) is 19.3 Å². The highest BCUT2D eigenvalue weighted by Gasteiger charge is 2.87. The van der Waals surface area contributed by atoms with E-state index in [4.69, 9.17) is 9.47 Å². The summed E-state index contributed by atoms with van der Waals surface area (Å²) in [6.07, 6.45) is 8.91. The number of rotatable bonds is 5. The topological polar surface area (TPSA) is 82.8 Å². The molecule has 6 nitrogen and oxygen atoms in total. The fourth-order valence-corrected chi connectivity index (χ4v) is 9.84. The van der Waals surface area contributed by atoms with E-state index >= 15 is 0 Å². The number of hydrogen-bond acceptors (Lipinski definition) is 5. The second-order valence-electron chi connectivity index (χ2n) is 12.6. The molecule has 4 bridgehead atoms. The van der Waals surface area contributed by atoms with E-state index in [1.807, 2.05) is 0 Å². The molecule has 2 saturated heterocycles. The summed E-state index contributed by atoms with van der Waals surface area (Å²) in [5, 5.41) is 22.0. The van der Waals surface area contributed by atoms with Gasteiger partial charge in [-0.2, -0.15) is 5.26 Å². The molecule has 3 saturated carbocycles. The first-order chi connectivity index (χ1) is 16.3. The van der Waals surface area contributed by atoms with E-state index in [-0.39, 0.29) is 23.9 Å². The number of piperidine rings is 1. The van der Waals surface area contributed by atoms with Crippen molar-refractivity contribution in [3.05, 3.63) is 11.6 Å². The molecule has 9 atom stereocenters. The Kier molecular flexibility index (Phi) is 5.27. The SMILES string of the molecule is CC(C)C1=CC2CC3(C#N)[C@@H]4CC[C@@H](C)[C@H]4CC2(C2OCC(CN4CCCCC4)O2)C13C(=O)O. The maximum atomic E-state index is 13.6. The maximum Gasteiger partial charge on any atom is 0.316 e. The van der Waals surface area contributed by atoms with Gasteiger partial charge in [-0.25, -0.2) is 0 Å².